The first-order valence-corrected chi connectivity index (χ1v) is 12.6. The van der Waals surface area contributed by atoms with Gasteiger partial charge in [0.2, 0.25) is 6.29 Å². The second-order valence-electron chi connectivity index (χ2n) is 9.49. The fourth-order valence-corrected chi connectivity index (χ4v) is 4.42. The number of aliphatic hydroxyl groups is 7. The Morgan fingerprint density at radius 2 is 1.62 bits per heavy atom. The fraction of sp³-hybridized carbons (Fsp3) is 0.870. The van der Waals surface area contributed by atoms with Crippen LogP contribution in [0.25, 0.3) is 0 Å². The van der Waals surface area contributed by atoms with Crippen LogP contribution in [0.5, 0.6) is 0 Å². The van der Waals surface area contributed by atoms with Crippen molar-refractivity contribution in [2.75, 3.05) is 19.8 Å². The summed E-state index contributed by atoms with van der Waals surface area (Å²) in [7, 11) is 0. The highest BCUT2D eigenvalue weighted by molar-refractivity contribution is 5.72. The van der Waals surface area contributed by atoms with Crippen molar-refractivity contribution in [1.29, 1.82) is 0 Å². The molecule has 0 amide bonds. The van der Waals surface area contributed by atoms with Gasteiger partial charge in [0.05, 0.1) is 13.2 Å². The zero-order valence-corrected chi connectivity index (χ0v) is 21.0. The van der Waals surface area contributed by atoms with Crippen molar-refractivity contribution in [1.82, 2.24) is 0 Å². The predicted molar refractivity (Wildman–Crippen MR) is 122 cm³/mol. The number of rotatable bonds is 14. The first kappa shape index (κ1) is 33.4. The van der Waals surface area contributed by atoms with Gasteiger partial charge < -0.3 is 59.8 Å². The molecule has 1 saturated carbocycles. The van der Waals surface area contributed by atoms with Gasteiger partial charge in [-0.25, -0.2) is 4.79 Å². The van der Waals surface area contributed by atoms with Crippen molar-refractivity contribution in [3.63, 3.8) is 0 Å². The number of aliphatic hydroxyl groups excluding tert-OH is 7. The lowest BCUT2D eigenvalue weighted by Gasteiger charge is -2.40. The molecular formula is C23H37F3O13. The normalized spacial score (nSPS) is 29.8. The van der Waals surface area contributed by atoms with Crippen LogP contribution >= 0.6 is 0 Å². The molecule has 0 aromatic heterocycles. The van der Waals surface area contributed by atoms with E-state index in [1.807, 2.05) is 0 Å². The molecular weight excluding hydrogens is 541 g/mol. The molecule has 228 valence electrons. The minimum absolute atomic E-state index is 0.0329. The van der Waals surface area contributed by atoms with Gasteiger partial charge in [-0.1, -0.05) is 32.1 Å². The number of aliphatic carboxylic acids is 1. The van der Waals surface area contributed by atoms with E-state index in [0.29, 0.717) is 0 Å². The second-order valence-corrected chi connectivity index (χ2v) is 9.49. The summed E-state index contributed by atoms with van der Waals surface area (Å²) in [5, 5.41) is 78.7. The lowest BCUT2D eigenvalue weighted by molar-refractivity contribution is -0.354. The molecule has 8 N–H and O–H groups in total. The molecule has 0 bridgehead atoms. The summed E-state index contributed by atoms with van der Waals surface area (Å²) < 4.78 is 58.8. The van der Waals surface area contributed by atoms with E-state index < -0.39 is 92.7 Å². The number of ether oxygens (including phenoxy) is 4. The summed E-state index contributed by atoms with van der Waals surface area (Å²) in [6.07, 6.45) is -18.0. The van der Waals surface area contributed by atoms with Gasteiger partial charge in [0, 0.05) is 13.0 Å². The summed E-state index contributed by atoms with van der Waals surface area (Å²) in [5.74, 6) is -3.18. The Bertz CT molecular complexity index is 790. The molecule has 3 unspecified atom stereocenters. The topological polar surface area (TPSA) is 216 Å². The third kappa shape index (κ3) is 9.68. The van der Waals surface area contributed by atoms with E-state index in [1.54, 1.807) is 0 Å². The quantitative estimate of drug-likeness (QED) is 0.0753. The molecule has 13 nitrogen and oxygen atoms in total. The first-order chi connectivity index (χ1) is 18.3. The molecule has 8 atom stereocenters. The average Bonchev–Trinajstić information content (AvgIpc) is 2.88. The molecule has 0 aromatic rings. The van der Waals surface area contributed by atoms with E-state index >= 15 is 0 Å². The van der Waals surface area contributed by atoms with Crippen LogP contribution in [0.3, 0.4) is 0 Å². The standard InChI is InChI=1S/C23H37F3O13/c24-23(25,26)19-15(30)14(29)16(31)22(39-19)37-9-8-36-21(35)17(32)18(12(28)6-7-27)38-13(20(33)34)10-11-4-2-1-3-5-11/h11-16,19,21-22,27-32,35H,1-10H2,(H,33,34)/b18-17+/t12-,13-,14?,15-,16?,19?,21-,22+/m0/s1. The van der Waals surface area contributed by atoms with E-state index in [0.717, 1.165) is 32.1 Å². The summed E-state index contributed by atoms with van der Waals surface area (Å²) in [6, 6.07) is 0. The molecule has 1 aliphatic heterocycles. The molecule has 1 heterocycles. The average molecular weight is 579 g/mol. The zero-order chi connectivity index (χ0) is 29.3. The lowest BCUT2D eigenvalue weighted by Crippen LogP contribution is -2.62. The van der Waals surface area contributed by atoms with E-state index in [2.05, 4.69) is 4.74 Å². The Morgan fingerprint density at radius 1 is 0.974 bits per heavy atom. The number of hydrogen-bond acceptors (Lipinski definition) is 12. The van der Waals surface area contributed by atoms with Crippen LogP contribution in [0.2, 0.25) is 0 Å². The maximum atomic E-state index is 13.0. The van der Waals surface area contributed by atoms with Crippen LogP contribution in [-0.2, 0) is 23.7 Å². The third-order valence-electron chi connectivity index (χ3n) is 6.54. The maximum absolute atomic E-state index is 13.0. The van der Waals surface area contributed by atoms with Gasteiger partial charge in [-0.2, -0.15) is 13.2 Å². The van der Waals surface area contributed by atoms with E-state index in [1.165, 1.54) is 0 Å². The molecule has 1 aliphatic carbocycles. The minimum atomic E-state index is -5.08. The molecule has 1 saturated heterocycles. The van der Waals surface area contributed by atoms with E-state index in [4.69, 9.17) is 19.3 Å². The smallest absolute Gasteiger partial charge is 0.417 e. The number of carboxylic acid groups (broad SMARTS) is 1. The maximum Gasteiger partial charge on any atom is 0.417 e. The van der Waals surface area contributed by atoms with Gasteiger partial charge in [-0.3, -0.25) is 0 Å². The largest absolute Gasteiger partial charge is 0.505 e. The van der Waals surface area contributed by atoms with Crippen LogP contribution in [0, 0.1) is 5.92 Å². The SMILES string of the molecule is O=C(O)[C@H](CC1CCCCC1)O/C(=C(/O)[C@@H](O)OCCO[C@@H]1OC(C(F)(F)F)[C@@H](O)C(O)C1O)[C@@H](O)CCO. The van der Waals surface area contributed by atoms with Gasteiger partial charge >= 0.3 is 12.1 Å². The Hall–Kier alpha value is -1.76. The molecule has 0 spiro atoms. The van der Waals surface area contributed by atoms with Crippen molar-refractivity contribution < 1.29 is 77.8 Å². The van der Waals surface area contributed by atoms with Crippen LogP contribution in [0.1, 0.15) is 44.9 Å². The second kappa shape index (κ2) is 15.3. The van der Waals surface area contributed by atoms with Crippen molar-refractivity contribution >= 4 is 5.97 Å². The monoisotopic (exact) mass is 578 g/mol. The van der Waals surface area contributed by atoms with Crippen LogP contribution in [0.15, 0.2) is 11.5 Å². The van der Waals surface area contributed by atoms with Gasteiger partial charge in [0.15, 0.2) is 30.0 Å². The van der Waals surface area contributed by atoms with Crippen molar-refractivity contribution in [3.8, 4) is 0 Å². The van der Waals surface area contributed by atoms with Gasteiger partial charge in [-0.15, -0.1) is 0 Å². The Balaban J connectivity index is 2.01. The van der Waals surface area contributed by atoms with E-state index in [9.17, 15) is 53.7 Å². The molecule has 2 fully saturated rings. The summed E-state index contributed by atoms with van der Waals surface area (Å²) in [6.45, 7) is -1.86. The first-order valence-electron chi connectivity index (χ1n) is 12.6. The molecule has 0 aromatic carbocycles. The number of alkyl halides is 3. The van der Waals surface area contributed by atoms with Crippen LogP contribution in [0.4, 0.5) is 13.2 Å². The number of halogens is 3. The summed E-state index contributed by atoms with van der Waals surface area (Å²) in [4.78, 5) is 11.8. The number of hydrogen-bond donors (Lipinski definition) is 8. The summed E-state index contributed by atoms with van der Waals surface area (Å²) in [5.41, 5.74) is 0. The van der Waals surface area contributed by atoms with Gasteiger partial charge in [0.1, 0.15) is 24.4 Å². The third-order valence-corrected chi connectivity index (χ3v) is 6.54. The minimum Gasteiger partial charge on any atom is -0.505 e. The Kier molecular flexibility index (Phi) is 13.1. The predicted octanol–water partition coefficient (Wildman–Crippen LogP) is -0.339. The van der Waals surface area contributed by atoms with Crippen molar-refractivity contribution in [2.24, 2.45) is 5.92 Å². The molecule has 0 radical (unpaired) electrons. The molecule has 2 rings (SSSR count). The highest BCUT2D eigenvalue weighted by atomic mass is 19.4. The fourth-order valence-electron chi connectivity index (χ4n) is 4.42. The van der Waals surface area contributed by atoms with Crippen LogP contribution in [-0.4, -0.2) is 122 Å². The Labute approximate surface area is 222 Å². The highest BCUT2D eigenvalue weighted by Gasteiger charge is 2.55. The Morgan fingerprint density at radius 3 is 2.18 bits per heavy atom. The van der Waals surface area contributed by atoms with Crippen LogP contribution < -0.4 is 0 Å². The number of carboxylic acids is 1. The van der Waals surface area contributed by atoms with Gasteiger partial charge in [-0.05, 0) is 12.3 Å². The summed E-state index contributed by atoms with van der Waals surface area (Å²) >= 11 is 0. The molecule has 39 heavy (non-hydrogen) atoms. The van der Waals surface area contributed by atoms with E-state index in [-0.39, 0.29) is 18.8 Å². The zero-order valence-electron chi connectivity index (χ0n) is 21.0. The van der Waals surface area contributed by atoms with Crippen molar-refractivity contribution in [2.45, 2.75) is 100 Å². The molecule has 2 aliphatic rings. The highest BCUT2D eigenvalue weighted by Crippen LogP contribution is 2.33. The van der Waals surface area contributed by atoms with Crippen molar-refractivity contribution in [3.05, 3.63) is 11.5 Å². The van der Waals surface area contributed by atoms with Gasteiger partial charge in [0.25, 0.3) is 0 Å². The number of carbonyl (C=O) groups is 1. The lowest BCUT2D eigenvalue weighted by atomic mass is 9.85. The molecule has 16 heteroatoms.